The number of aryl methyl sites for hydroxylation is 2. The van der Waals surface area contributed by atoms with Crippen LogP contribution in [0, 0.1) is 6.92 Å². The molecule has 0 saturated carbocycles. The van der Waals surface area contributed by atoms with Crippen LogP contribution in [0.1, 0.15) is 57.2 Å². The van der Waals surface area contributed by atoms with Crippen molar-refractivity contribution in [2.24, 2.45) is 0 Å². The van der Waals surface area contributed by atoms with E-state index in [1.165, 1.54) is 6.07 Å². The predicted octanol–water partition coefficient (Wildman–Crippen LogP) is 5.97. The maximum absolute atomic E-state index is 13.6. The summed E-state index contributed by atoms with van der Waals surface area (Å²) in [5.74, 6) is -0.365. The lowest BCUT2D eigenvalue weighted by atomic mass is 10.0. The van der Waals surface area contributed by atoms with Crippen molar-refractivity contribution in [1.82, 2.24) is 10.3 Å². The molecule has 0 spiro atoms. The van der Waals surface area contributed by atoms with Gasteiger partial charge in [-0.2, -0.15) is 0 Å². The van der Waals surface area contributed by atoms with Crippen molar-refractivity contribution in [3.8, 4) is 5.75 Å². The zero-order valence-electron chi connectivity index (χ0n) is 22.5. The van der Waals surface area contributed by atoms with E-state index in [0.717, 1.165) is 40.4 Å². The maximum atomic E-state index is 13.6. The molecule has 2 aromatic heterocycles. The van der Waals surface area contributed by atoms with E-state index in [-0.39, 0.29) is 12.2 Å². The highest BCUT2D eigenvalue weighted by Crippen LogP contribution is 2.31. The average molecular weight is 519 g/mol. The van der Waals surface area contributed by atoms with Crippen molar-refractivity contribution in [2.75, 3.05) is 0 Å². The lowest BCUT2D eigenvalue weighted by Crippen LogP contribution is -2.46. The number of ether oxygens (including phenoxy) is 2. The molecule has 1 amide bonds. The first kappa shape index (κ1) is 27.0. The van der Waals surface area contributed by atoms with Gasteiger partial charge in [0, 0.05) is 29.6 Å². The van der Waals surface area contributed by atoms with E-state index < -0.39 is 29.3 Å². The summed E-state index contributed by atoms with van der Waals surface area (Å²) in [5, 5.41) is 4.22. The number of esters is 1. The fourth-order valence-electron chi connectivity index (χ4n) is 4.46. The van der Waals surface area contributed by atoms with Gasteiger partial charge in [-0.05, 0) is 75.4 Å². The standard InChI is InChI=1S/C30H34N2O6/c1-6-7-10-19-16-26(33)36-24-13-18(2)14-25(27(19)24)37-28(34)23(32-29(35)38-30(3,4)5)15-20-17-31-22-12-9-8-11-21(20)22/h8-9,11-14,16-17,23,31H,6-7,10,15H2,1-5H3,(H,32,35)/t23-/m0/s1. The van der Waals surface area contributed by atoms with Crippen molar-refractivity contribution in [1.29, 1.82) is 0 Å². The number of hydrogen-bond acceptors (Lipinski definition) is 6. The average Bonchev–Trinajstić information content (AvgIpc) is 3.23. The van der Waals surface area contributed by atoms with Crippen molar-refractivity contribution in [2.45, 2.75) is 71.9 Å². The number of hydrogen-bond donors (Lipinski definition) is 2. The van der Waals surface area contributed by atoms with Crippen LogP contribution < -0.4 is 15.7 Å². The Bertz CT molecular complexity index is 1530. The van der Waals surface area contributed by atoms with Gasteiger partial charge < -0.3 is 24.2 Å². The number of aromatic amines is 1. The Kier molecular flexibility index (Phi) is 7.90. The minimum atomic E-state index is -1.03. The fourth-order valence-corrected chi connectivity index (χ4v) is 4.46. The number of fused-ring (bicyclic) bond motifs is 2. The molecular formula is C30H34N2O6. The number of aromatic nitrogens is 1. The molecule has 4 rings (SSSR count). The Morgan fingerprint density at radius 2 is 1.87 bits per heavy atom. The molecule has 2 heterocycles. The largest absolute Gasteiger partial charge is 0.444 e. The van der Waals surface area contributed by atoms with Gasteiger partial charge >= 0.3 is 17.7 Å². The summed E-state index contributed by atoms with van der Waals surface area (Å²) in [6.07, 6.45) is 3.73. The molecule has 8 nitrogen and oxygen atoms in total. The van der Waals surface area contributed by atoms with E-state index >= 15 is 0 Å². The number of alkyl carbamates (subject to hydrolysis) is 1. The molecule has 0 fully saturated rings. The van der Waals surface area contributed by atoms with Crippen molar-refractivity contribution in [3.63, 3.8) is 0 Å². The summed E-state index contributed by atoms with van der Waals surface area (Å²) >= 11 is 0. The normalized spacial score (nSPS) is 12.4. The molecule has 4 aromatic rings. The van der Waals surface area contributed by atoms with Gasteiger partial charge in [-0.15, -0.1) is 0 Å². The third-order valence-electron chi connectivity index (χ3n) is 6.12. The second-order valence-corrected chi connectivity index (χ2v) is 10.5. The summed E-state index contributed by atoms with van der Waals surface area (Å²) < 4.78 is 16.8. The SMILES string of the molecule is CCCCc1cc(=O)oc2cc(C)cc(OC(=O)[C@H](Cc3c[nH]c4ccccc34)NC(=O)OC(C)(C)C)c12. The number of H-pyrrole nitrogens is 1. The molecule has 1 atom stereocenters. The Morgan fingerprint density at radius 1 is 1.11 bits per heavy atom. The highest BCUT2D eigenvalue weighted by molar-refractivity contribution is 5.92. The number of unbranched alkanes of at least 4 members (excludes halogenated alkanes) is 1. The van der Waals surface area contributed by atoms with Gasteiger partial charge in [0.05, 0.1) is 5.39 Å². The van der Waals surface area contributed by atoms with E-state index in [1.807, 2.05) is 37.4 Å². The molecule has 38 heavy (non-hydrogen) atoms. The minimum Gasteiger partial charge on any atom is -0.444 e. The number of rotatable bonds is 8. The first-order valence-corrected chi connectivity index (χ1v) is 12.9. The van der Waals surface area contributed by atoms with Crippen molar-refractivity contribution in [3.05, 3.63) is 75.8 Å². The topological polar surface area (TPSA) is 111 Å². The molecule has 0 saturated heterocycles. The highest BCUT2D eigenvalue weighted by atomic mass is 16.6. The third kappa shape index (κ3) is 6.43. The van der Waals surface area contributed by atoms with E-state index in [2.05, 4.69) is 17.2 Å². The minimum absolute atomic E-state index is 0.184. The Balaban J connectivity index is 1.70. The summed E-state index contributed by atoms with van der Waals surface area (Å²) in [7, 11) is 0. The Hall–Kier alpha value is -4.07. The number of benzene rings is 2. The molecule has 0 aliphatic carbocycles. The molecule has 0 bridgehead atoms. The molecule has 0 aliphatic rings. The smallest absolute Gasteiger partial charge is 0.408 e. The van der Waals surface area contributed by atoms with E-state index in [0.29, 0.717) is 17.4 Å². The van der Waals surface area contributed by atoms with Crippen LogP contribution in [0.3, 0.4) is 0 Å². The lowest BCUT2D eigenvalue weighted by molar-refractivity contribution is -0.136. The summed E-state index contributed by atoms with van der Waals surface area (Å²) in [6, 6.07) is 11.6. The second-order valence-electron chi connectivity index (χ2n) is 10.5. The van der Waals surface area contributed by atoms with Gasteiger partial charge in [0.25, 0.3) is 0 Å². The van der Waals surface area contributed by atoms with Crippen LogP contribution in [0.4, 0.5) is 4.79 Å². The molecule has 8 heteroatoms. The van der Waals surface area contributed by atoms with Gasteiger partial charge in [0.2, 0.25) is 0 Å². The molecular weight excluding hydrogens is 484 g/mol. The monoisotopic (exact) mass is 518 g/mol. The van der Waals surface area contributed by atoms with Crippen LogP contribution in [-0.2, 0) is 22.4 Å². The van der Waals surface area contributed by atoms with Gasteiger partial charge in [-0.3, -0.25) is 0 Å². The number of carbonyl (C=O) groups excluding carboxylic acids is 2. The highest BCUT2D eigenvalue weighted by Gasteiger charge is 2.28. The number of nitrogens with one attached hydrogen (secondary N) is 2. The molecule has 2 N–H and O–H groups in total. The quantitative estimate of drug-likeness (QED) is 0.169. The van der Waals surface area contributed by atoms with E-state index in [1.54, 1.807) is 32.9 Å². The van der Waals surface area contributed by atoms with Crippen LogP contribution in [0.2, 0.25) is 0 Å². The Morgan fingerprint density at radius 3 is 2.61 bits per heavy atom. The number of carbonyl (C=O) groups is 2. The summed E-state index contributed by atoms with van der Waals surface area (Å²) in [6.45, 7) is 9.16. The van der Waals surface area contributed by atoms with Crippen molar-refractivity contribution >= 4 is 33.9 Å². The number of para-hydroxylation sites is 1. The Labute approximate surface area is 221 Å². The summed E-state index contributed by atoms with van der Waals surface area (Å²) in [4.78, 5) is 41.7. The molecule has 0 unspecified atom stereocenters. The van der Waals surface area contributed by atoms with E-state index in [9.17, 15) is 14.4 Å². The maximum Gasteiger partial charge on any atom is 0.408 e. The van der Waals surface area contributed by atoms with Crippen molar-refractivity contribution < 1.29 is 23.5 Å². The van der Waals surface area contributed by atoms with Gasteiger partial charge in [0.1, 0.15) is 23.0 Å². The molecule has 0 aliphatic heterocycles. The molecule has 200 valence electrons. The zero-order chi connectivity index (χ0) is 27.4. The summed E-state index contributed by atoms with van der Waals surface area (Å²) in [5.41, 5.74) is 2.47. The van der Waals surface area contributed by atoms with Crippen LogP contribution in [0.15, 0.2) is 57.9 Å². The van der Waals surface area contributed by atoms with E-state index in [4.69, 9.17) is 13.9 Å². The first-order chi connectivity index (χ1) is 18.0. The van der Waals surface area contributed by atoms with Gasteiger partial charge in [0.15, 0.2) is 0 Å². The predicted molar refractivity (Wildman–Crippen MR) is 147 cm³/mol. The number of amides is 1. The first-order valence-electron chi connectivity index (χ1n) is 12.9. The van der Waals surface area contributed by atoms with Crippen LogP contribution in [0.5, 0.6) is 5.75 Å². The third-order valence-corrected chi connectivity index (χ3v) is 6.12. The van der Waals surface area contributed by atoms with Crippen LogP contribution in [-0.4, -0.2) is 28.7 Å². The molecule has 0 radical (unpaired) electrons. The molecule has 2 aromatic carbocycles. The van der Waals surface area contributed by atoms with Gasteiger partial charge in [-0.1, -0.05) is 31.5 Å². The second kappa shape index (κ2) is 11.1. The fraction of sp³-hybridized carbons (Fsp3) is 0.367. The lowest BCUT2D eigenvalue weighted by Gasteiger charge is -2.23. The van der Waals surface area contributed by atoms with Crippen LogP contribution in [0.25, 0.3) is 21.9 Å². The van der Waals surface area contributed by atoms with Crippen LogP contribution >= 0.6 is 0 Å². The zero-order valence-corrected chi connectivity index (χ0v) is 22.5. The van der Waals surface area contributed by atoms with Gasteiger partial charge in [-0.25, -0.2) is 14.4 Å².